The minimum atomic E-state index is -1.21. The van der Waals surface area contributed by atoms with E-state index in [1.165, 1.54) is 0 Å². The molecule has 0 aromatic heterocycles. The van der Waals surface area contributed by atoms with Crippen molar-refractivity contribution in [1.82, 2.24) is 5.32 Å². The lowest BCUT2D eigenvalue weighted by Gasteiger charge is -2.23. The summed E-state index contributed by atoms with van der Waals surface area (Å²) >= 11 is 0. The fourth-order valence-corrected chi connectivity index (χ4v) is 1.64. The minimum Gasteiger partial charge on any atom is -0.530 e. The van der Waals surface area contributed by atoms with Crippen molar-refractivity contribution in [3.63, 3.8) is 0 Å². The van der Waals surface area contributed by atoms with Gasteiger partial charge < -0.3 is 26.1 Å². The van der Waals surface area contributed by atoms with Crippen LogP contribution < -0.4 is 16.2 Å². The topological polar surface area (TPSA) is 100 Å². The number of nitrogens with one attached hydrogen (secondary N) is 1. The predicted octanol–water partition coefficient (Wildman–Crippen LogP) is 1.21. The van der Waals surface area contributed by atoms with Crippen LogP contribution in [0.3, 0.4) is 0 Å². The molecule has 1 aromatic carbocycles. The Bertz CT molecular complexity index is 396. The van der Waals surface area contributed by atoms with Crippen LogP contribution >= 0.6 is 24.0 Å². The Hall–Kier alpha value is -1.02. The summed E-state index contributed by atoms with van der Waals surface area (Å²) in [6.07, 6.45) is 0.775. The maximum Gasteiger partial charge on any atom is 0.134 e. The van der Waals surface area contributed by atoms with E-state index < -0.39 is 6.09 Å². The van der Waals surface area contributed by atoms with E-state index in [0.29, 0.717) is 12.3 Å². The summed E-state index contributed by atoms with van der Waals surface area (Å²) in [5, 5.41) is 20.7. The molecule has 0 heterocycles. The fraction of sp³-hybridized carbons (Fsp3) is 0.500. The molecule has 5 nitrogen and oxygen atoms in total. The normalized spacial score (nSPS) is 9.80. The highest BCUT2D eigenvalue weighted by molar-refractivity contribution is 14.0. The van der Waals surface area contributed by atoms with E-state index in [-0.39, 0.29) is 29.5 Å². The first-order valence-electron chi connectivity index (χ1n) is 6.49. The maximum absolute atomic E-state index is 9.38. The standard InChI is InChI=1S/C11H17NO.C3H7NO2.HI/c1-3-11(12,4-2)9-6-5-7-10(13)8-9;1-2-4-3(5)6;/h5-8,13H,3-4,12H2,1-2H3;4H,2H2,1H3,(H,5,6);1H. The number of benzene rings is 1. The van der Waals surface area contributed by atoms with Crippen LogP contribution in [0.25, 0.3) is 0 Å². The number of amides is 1. The van der Waals surface area contributed by atoms with E-state index in [0.717, 1.165) is 18.4 Å². The number of quaternary nitrogens is 1. The van der Waals surface area contributed by atoms with Crippen molar-refractivity contribution in [3.8, 4) is 5.75 Å². The average molecular weight is 396 g/mol. The van der Waals surface area contributed by atoms with Crippen molar-refractivity contribution < 1.29 is 20.7 Å². The third-order valence-corrected chi connectivity index (χ3v) is 3.13. The maximum atomic E-state index is 9.38. The molecular weight excluding hydrogens is 371 g/mol. The lowest BCUT2D eigenvalue weighted by Crippen LogP contribution is -2.69. The van der Waals surface area contributed by atoms with Crippen LogP contribution in [0.2, 0.25) is 0 Å². The van der Waals surface area contributed by atoms with Gasteiger partial charge in [-0.1, -0.05) is 26.0 Å². The molecule has 0 bridgehead atoms. The first-order chi connectivity index (χ1) is 8.89. The zero-order chi connectivity index (χ0) is 14.9. The number of phenolic OH excluding ortho intramolecular Hbond substituents is 1. The van der Waals surface area contributed by atoms with Crippen molar-refractivity contribution >= 4 is 30.1 Å². The van der Waals surface area contributed by atoms with Gasteiger partial charge in [-0.15, -0.1) is 24.0 Å². The molecule has 0 aliphatic carbocycles. The molecule has 20 heavy (non-hydrogen) atoms. The number of rotatable bonds is 4. The summed E-state index contributed by atoms with van der Waals surface area (Å²) in [7, 11) is 0. The number of aromatic hydroxyl groups is 1. The van der Waals surface area contributed by atoms with E-state index in [1.54, 1.807) is 19.1 Å². The number of phenols is 1. The Labute approximate surface area is 137 Å². The number of carbonyl (C=O) groups excluding carboxylic acids is 1. The summed E-state index contributed by atoms with van der Waals surface area (Å²) < 4.78 is 0. The summed E-state index contributed by atoms with van der Waals surface area (Å²) in [5.41, 5.74) is 5.29. The Morgan fingerprint density at radius 2 is 1.90 bits per heavy atom. The van der Waals surface area contributed by atoms with Crippen LogP contribution in [-0.2, 0) is 5.54 Å². The fourth-order valence-electron chi connectivity index (χ4n) is 1.64. The Kier molecular flexibility index (Phi) is 11.4. The second-order valence-electron chi connectivity index (χ2n) is 4.36. The Morgan fingerprint density at radius 1 is 1.35 bits per heavy atom. The van der Waals surface area contributed by atoms with Crippen LogP contribution in [-0.4, -0.2) is 17.7 Å². The van der Waals surface area contributed by atoms with Crippen LogP contribution in [0.1, 0.15) is 39.2 Å². The molecule has 0 fully saturated rings. The van der Waals surface area contributed by atoms with Crippen molar-refractivity contribution in [3.05, 3.63) is 29.8 Å². The van der Waals surface area contributed by atoms with E-state index in [9.17, 15) is 15.0 Å². The van der Waals surface area contributed by atoms with Gasteiger partial charge in [-0.05, 0) is 19.1 Å². The van der Waals surface area contributed by atoms with Gasteiger partial charge in [0.05, 0.1) is 0 Å². The van der Waals surface area contributed by atoms with E-state index in [2.05, 4.69) is 19.6 Å². The van der Waals surface area contributed by atoms with Gasteiger partial charge in [0.2, 0.25) is 0 Å². The lowest BCUT2D eigenvalue weighted by molar-refractivity contribution is -0.490. The third kappa shape index (κ3) is 7.54. The third-order valence-electron chi connectivity index (χ3n) is 3.13. The van der Waals surface area contributed by atoms with E-state index in [1.807, 2.05) is 17.4 Å². The van der Waals surface area contributed by atoms with Gasteiger partial charge in [-0.3, -0.25) is 0 Å². The average Bonchev–Trinajstić information content (AvgIpc) is 2.38. The largest absolute Gasteiger partial charge is 0.530 e. The van der Waals surface area contributed by atoms with E-state index in [4.69, 9.17) is 0 Å². The lowest BCUT2D eigenvalue weighted by atomic mass is 9.86. The SMILES string of the molecule is CCC([NH3+])(CC)c1cccc(O)c1.CCNC(=O)[O-].I. The van der Waals surface area contributed by atoms with Gasteiger partial charge in [-0.25, -0.2) is 0 Å². The zero-order valence-corrected chi connectivity index (χ0v) is 14.6. The molecule has 0 aliphatic rings. The summed E-state index contributed by atoms with van der Waals surface area (Å²) in [6.45, 7) is 6.36. The van der Waals surface area contributed by atoms with Gasteiger partial charge in [0.1, 0.15) is 17.4 Å². The highest BCUT2D eigenvalue weighted by Crippen LogP contribution is 2.25. The van der Waals surface area contributed by atoms with Gasteiger partial charge in [0.15, 0.2) is 0 Å². The second kappa shape index (κ2) is 10.7. The van der Waals surface area contributed by atoms with Crippen LogP contribution in [0.15, 0.2) is 24.3 Å². The molecule has 6 heteroatoms. The molecule has 0 atom stereocenters. The molecule has 5 N–H and O–H groups in total. The highest BCUT2D eigenvalue weighted by Gasteiger charge is 2.27. The van der Waals surface area contributed by atoms with Gasteiger partial charge in [0.25, 0.3) is 0 Å². The van der Waals surface area contributed by atoms with Crippen molar-refractivity contribution in [2.24, 2.45) is 0 Å². The molecule has 1 amide bonds. The molecule has 1 rings (SSSR count). The first-order valence-corrected chi connectivity index (χ1v) is 6.49. The van der Waals surface area contributed by atoms with Crippen molar-refractivity contribution in [2.75, 3.05) is 6.54 Å². The quantitative estimate of drug-likeness (QED) is 0.667. The van der Waals surface area contributed by atoms with Crippen LogP contribution in [0.5, 0.6) is 5.75 Å². The number of carbonyl (C=O) groups is 1. The molecule has 0 aliphatic heterocycles. The number of halogens is 1. The molecular formula is C14H25IN2O3. The molecule has 0 unspecified atom stereocenters. The smallest absolute Gasteiger partial charge is 0.134 e. The zero-order valence-electron chi connectivity index (χ0n) is 12.3. The monoisotopic (exact) mass is 396 g/mol. The van der Waals surface area contributed by atoms with Gasteiger partial charge in [0, 0.05) is 24.9 Å². The summed E-state index contributed by atoms with van der Waals surface area (Å²) in [5.74, 6) is 0.326. The predicted molar refractivity (Wildman–Crippen MR) is 87.7 cm³/mol. The highest BCUT2D eigenvalue weighted by atomic mass is 127. The first kappa shape index (κ1) is 21.3. The molecule has 0 saturated heterocycles. The molecule has 0 saturated carbocycles. The van der Waals surface area contributed by atoms with Gasteiger partial charge in [-0.2, -0.15) is 0 Å². The molecule has 0 spiro atoms. The summed E-state index contributed by atoms with van der Waals surface area (Å²) in [6, 6.07) is 7.39. The van der Waals surface area contributed by atoms with Gasteiger partial charge >= 0.3 is 0 Å². The van der Waals surface area contributed by atoms with E-state index >= 15 is 0 Å². The summed E-state index contributed by atoms with van der Waals surface area (Å²) in [4.78, 5) is 9.38. The molecule has 0 radical (unpaired) electrons. The second-order valence-corrected chi connectivity index (χ2v) is 4.36. The van der Waals surface area contributed by atoms with Crippen molar-refractivity contribution in [1.29, 1.82) is 0 Å². The Balaban J connectivity index is 0. The number of carboxylic acid groups (broad SMARTS) is 1. The van der Waals surface area contributed by atoms with Crippen LogP contribution in [0.4, 0.5) is 4.79 Å². The molecule has 1 aromatic rings. The minimum absolute atomic E-state index is 0. The van der Waals surface area contributed by atoms with Crippen LogP contribution in [0, 0.1) is 0 Å². The number of hydrogen-bond donors (Lipinski definition) is 3. The molecule has 116 valence electrons. The number of hydrogen-bond acceptors (Lipinski definition) is 3. The Morgan fingerprint density at radius 3 is 2.20 bits per heavy atom. The van der Waals surface area contributed by atoms with Crippen molar-refractivity contribution in [2.45, 2.75) is 39.2 Å².